The molecule has 5 rings (SSSR count). The van der Waals surface area contributed by atoms with E-state index in [9.17, 15) is 0 Å². The first-order valence-electron chi connectivity index (χ1n) is 8.35. The van der Waals surface area contributed by atoms with Crippen molar-refractivity contribution < 1.29 is 14.0 Å². The van der Waals surface area contributed by atoms with E-state index >= 15 is 0 Å². The van der Waals surface area contributed by atoms with Crippen LogP contribution in [-0.2, 0) is 15.3 Å². The van der Waals surface area contributed by atoms with Gasteiger partial charge in [-0.15, -0.1) is 11.3 Å². The van der Waals surface area contributed by atoms with E-state index in [-0.39, 0.29) is 0 Å². The molecule has 1 fully saturated rings. The van der Waals surface area contributed by atoms with Crippen LogP contribution in [0, 0.1) is 3.57 Å². The van der Waals surface area contributed by atoms with Gasteiger partial charge in [0.25, 0.3) is 0 Å². The SMILES string of the molecule is Clc1ccc(C2(c3ccc4noc(-c5cccc(I)c5)c4c3)OCCO2)s1. The van der Waals surface area contributed by atoms with Crippen LogP contribution in [0.5, 0.6) is 0 Å². The summed E-state index contributed by atoms with van der Waals surface area (Å²) in [7, 11) is 0. The van der Waals surface area contributed by atoms with Crippen LogP contribution in [0.25, 0.3) is 22.2 Å². The van der Waals surface area contributed by atoms with Crippen LogP contribution < -0.4 is 0 Å². The molecule has 0 atom stereocenters. The number of nitrogens with zero attached hydrogens (tertiary/aromatic N) is 1. The molecule has 7 heteroatoms. The van der Waals surface area contributed by atoms with Gasteiger partial charge in [-0.1, -0.05) is 35.0 Å². The Morgan fingerprint density at radius 1 is 1.04 bits per heavy atom. The highest BCUT2D eigenvalue weighted by Gasteiger charge is 2.42. The molecule has 2 aromatic carbocycles. The minimum Gasteiger partial charge on any atom is -0.355 e. The van der Waals surface area contributed by atoms with E-state index in [4.69, 9.17) is 25.6 Å². The molecule has 4 nitrogen and oxygen atoms in total. The first kappa shape index (κ1) is 17.6. The van der Waals surface area contributed by atoms with Gasteiger partial charge >= 0.3 is 0 Å². The van der Waals surface area contributed by atoms with Crippen LogP contribution in [0.2, 0.25) is 4.34 Å². The fourth-order valence-electron chi connectivity index (χ4n) is 3.34. The van der Waals surface area contributed by atoms with Crippen molar-refractivity contribution in [2.75, 3.05) is 13.2 Å². The van der Waals surface area contributed by atoms with Crippen molar-refractivity contribution in [2.24, 2.45) is 0 Å². The number of ether oxygens (including phenoxy) is 2. The molecule has 0 bridgehead atoms. The number of thiophene rings is 1. The predicted molar refractivity (Wildman–Crippen MR) is 114 cm³/mol. The van der Waals surface area contributed by atoms with Crippen LogP contribution >= 0.6 is 45.5 Å². The van der Waals surface area contributed by atoms with Gasteiger partial charge < -0.3 is 14.0 Å². The van der Waals surface area contributed by atoms with Gasteiger partial charge in [0.1, 0.15) is 5.52 Å². The standard InChI is InChI=1S/C20H13ClINO3S/c21-18-7-6-17(27-18)20(24-8-9-25-20)13-4-5-16-15(11-13)19(26-23-16)12-2-1-3-14(22)10-12/h1-7,10-11H,8-9H2. The van der Waals surface area contributed by atoms with Crippen LogP contribution in [0.15, 0.2) is 59.1 Å². The number of benzene rings is 2. The minimum absolute atomic E-state index is 0.529. The maximum Gasteiger partial charge on any atom is 0.232 e. The first-order valence-corrected chi connectivity index (χ1v) is 10.6. The quantitative estimate of drug-likeness (QED) is 0.315. The van der Waals surface area contributed by atoms with E-state index in [1.54, 1.807) is 0 Å². The minimum atomic E-state index is -0.939. The molecule has 1 aliphatic heterocycles. The predicted octanol–water partition coefficient (Wildman–Crippen LogP) is 6.06. The average molecular weight is 510 g/mol. The Bertz CT molecular complexity index is 1130. The second-order valence-corrected chi connectivity index (χ2v) is 9.13. The topological polar surface area (TPSA) is 44.5 Å². The molecule has 0 amide bonds. The van der Waals surface area contributed by atoms with Gasteiger partial charge in [0.05, 0.1) is 27.8 Å². The van der Waals surface area contributed by atoms with Gasteiger partial charge in [0.2, 0.25) is 5.79 Å². The Morgan fingerprint density at radius 3 is 2.63 bits per heavy atom. The van der Waals surface area contributed by atoms with Gasteiger partial charge in [-0.2, -0.15) is 0 Å². The van der Waals surface area contributed by atoms with E-state index in [1.165, 1.54) is 11.3 Å². The summed E-state index contributed by atoms with van der Waals surface area (Å²) in [6, 6.07) is 17.9. The van der Waals surface area contributed by atoms with Gasteiger partial charge in [-0.25, -0.2) is 0 Å². The van der Waals surface area contributed by atoms with Crippen molar-refractivity contribution >= 4 is 56.4 Å². The smallest absolute Gasteiger partial charge is 0.232 e. The van der Waals surface area contributed by atoms with E-state index in [0.29, 0.717) is 17.6 Å². The van der Waals surface area contributed by atoms with Crippen LogP contribution in [0.3, 0.4) is 0 Å². The normalized spacial score (nSPS) is 16.2. The van der Waals surface area contributed by atoms with Crippen molar-refractivity contribution in [1.82, 2.24) is 5.16 Å². The second kappa shape index (κ2) is 6.86. The maximum atomic E-state index is 6.17. The van der Waals surface area contributed by atoms with Crippen molar-refractivity contribution in [3.05, 3.63) is 72.9 Å². The van der Waals surface area contributed by atoms with Crippen LogP contribution in [0.1, 0.15) is 10.4 Å². The van der Waals surface area contributed by atoms with E-state index in [0.717, 1.165) is 36.2 Å². The van der Waals surface area contributed by atoms with Gasteiger partial charge in [0.15, 0.2) is 5.76 Å². The fraction of sp³-hybridized carbons (Fsp3) is 0.150. The lowest BCUT2D eigenvalue weighted by molar-refractivity contribution is -0.127. The van der Waals surface area contributed by atoms with Crippen LogP contribution in [0.4, 0.5) is 0 Å². The third-order valence-corrected chi connectivity index (χ3v) is 6.52. The van der Waals surface area contributed by atoms with E-state index in [2.05, 4.69) is 33.8 Å². The highest BCUT2D eigenvalue weighted by molar-refractivity contribution is 14.1. The average Bonchev–Trinajstić information content (AvgIpc) is 3.40. The molecule has 4 aromatic rings. The Kier molecular flexibility index (Phi) is 4.48. The van der Waals surface area contributed by atoms with Gasteiger partial charge in [-0.05, 0) is 59.0 Å². The van der Waals surface area contributed by atoms with Gasteiger partial charge in [-0.3, -0.25) is 0 Å². The zero-order valence-electron chi connectivity index (χ0n) is 13.9. The molecule has 0 N–H and O–H groups in total. The Balaban J connectivity index is 1.69. The molecule has 0 unspecified atom stereocenters. The summed E-state index contributed by atoms with van der Waals surface area (Å²) in [6.07, 6.45) is 0. The zero-order valence-corrected chi connectivity index (χ0v) is 17.7. The zero-order chi connectivity index (χ0) is 18.4. The molecule has 0 saturated carbocycles. The monoisotopic (exact) mass is 509 g/mol. The summed E-state index contributed by atoms with van der Waals surface area (Å²) in [5.74, 6) is -0.200. The lowest BCUT2D eigenvalue weighted by atomic mass is 10.00. The van der Waals surface area contributed by atoms with E-state index < -0.39 is 5.79 Å². The molecule has 1 aliphatic rings. The summed E-state index contributed by atoms with van der Waals surface area (Å²) < 4.78 is 19.7. The summed E-state index contributed by atoms with van der Waals surface area (Å²) in [5, 5.41) is 5.14. The fourth-order valence-corrected chi connectivity index (χ4v) is 5.05. The molecule has 0 spiro atoms. The summed E-state index contributed by atoms with van der Waals surface area (Å²) in [5.41, 5.74) is 2.69. The number of rotatable bonds is 3. The number of hydrogen-bond acceptors (Lipinski definition) is 5. The third kappa shape index (κ3) is 3.00. The molecule has 3 heterocycles. The Morgan fingerprint density at radius 2 is 1.89 bits per heavy atom. The molecule has 27 heavy (non-hydrogen) atoms. The molecule has 0 radical (unpaired) electrons. The molecule has 136 valence electrons. The van der Waals surface area contributed by atoms with Gasteiger partial charge in [0, 0.05) is 14.7 Å². The number of fused-ring (bicyclic) bond motifs is 1. The number of halogens is 2. The Labute approximate surface area is 178 Å². The third-order valence-electron chi connectivity index (χ3n) is 4.53. The highest BCUT2D eigenvalue weighted by Crippen LogP contribution is 2.44. The van der Waals surface area contributed by atoms with Crippen LogP contribution in [-0.4, -0.2) is 18.4 Å². The van der Waals surface area contributed by atoms with Crippen molar-refractivity contribution in [3.63, 3.8) is 0 Å². The summed E-state index contributed by atoms with van der Waals surface area (Å²) in [4.78, 5) is 0.927. The first-order chi connectivity index (χ1) is 13.2. The van der Waals surface area contributed by atoms with E-state index in [1.807, 2.05) is 48.5 Å². The molecule has 0 aliphatic carbocycles. The molecule has 1 saturated heterocycles. The molecular weight excluding hydrogens is 497 g/mol. The lowest BCUT2D eigenvalue weighted by Gasteiger charge is -2.26. The second-order valence-electron chi connectivity index (χ2n) is 6.17. The summed E-state index contributed by atoms with van der Waals surface area (Å²) in [6.45, 7) is 1.06. The van der Waals surface area contributed by atoms with Crippen molar-refractivity contribution in [3.8, 4) is 11.3 Å². The van der Waals surface area contributed by atoms with Crippen molar-refractivity contribution in [2.45, 2.75) is 5.79 Å². The molecule has 2 aromatic heterocycles. The van der Waals surface area contributed by atoms with Crippen molar-refractivity contribution in [1.29, 1.82) is 0 Å². The maximum absolute atomic E-state index is 6.17. The highest BCUT2D eigenvalue weighted by atomic mass is 127. The summed E-state index contributed by atoms with van der Waals surface area (Å²) >= 11 is 9.92. The largest absolute Gasteiger partial charge is 0.355 e. The molecular formula is C20H13ClINO3S. The lowest BCUT2D eigenvalue weighted by Crippen LogP contribution is -2.27. The number of aromatic nitrogens is 1. The number of hydrogen-bond donors (Lipinski definition) is 0. The Hall–Kier alpha value is -1.45.